The molecule has 1 amide bonds. The number of piperidine rings is 1. The molecular weight excluding hydrogens is 537 g/mol. The molecule has 3 atom stereocenters. The van der Waals surface area contributed by atoms with Crippen LogP contribution in [-0.4, -0.2) is 90.1 Å². The molecule has 0 unspecified atom stereocenters. The number of methoxy groups -OCH3 is 1. The Labute approximate surface area is 255 Å². The summed E-state index contributed by atoms with van der Waals surface area (Å²) in [6, 6.07) is 10.0. The number of hydrogen-bond donors (Lipinski definition) is 1. The predicted molar refractivity (Wildman–Crippen MR) is 168 cm³/mol. The fourth-order valence-electron chi connectivity index (χ4n) is 7.98. The van der Waals surface area contributed by atoms with Crippen molar-refractivity contribution < 1.29 is 14.3 Å². The molecule has 3 fully saturated rings. The first-order valence-electron chi connectivity index (χ1n) is 15.1. The Morgan fingerprint density at radius 1 is 1.19 bits per heavy atom. The van der Waals surface area contributed by atoms with Gasteiger partial charge in [-0.25, -0.2) is 9.97 Å². The van der Waals surface area contributed by atoms with E-state index in [1.54, 1.807) is 13.3 Å². The number of nitrogens with zero attached hydrogens (tertiary/aromatic N) is 5. The van der Waals surface area contributed by atoms with Gasteiger partial charge in [0.05, 0.1) is 47.5 Å². The normalized spacial score (nSPS) is 26.8. The fourth-order valence-corrected chi connectivity index (χ4v) is 7.98. The van der Waals surface area contributed by atoms with Crippen molar-refractivity contribution in [2.75, 3.05) is 13.7 Å². The van der Waals surface area contributed by atoms with Crippen molar-refractivity contribution in [3.05, 3.63) is 42.1 Å². The monoisotopic (exact) mass is 572 g/mol. The van der Waals surface area contributed by atoms with E-state index in [0.717, 1.165) is 60.3 Å². The van der Waals surface area contributed by atoms with E-state index in [1.807, 2.05) is 30.0 Å². The van der Waals surface area contributed by atoms with E-state index < -0.39 is 10.9 Å². The number of carbonyl (C=O) groups excluding carboxylic acids is 1. The average Bonchev–Trinajstić information content (AvgIpc) is 3.69. The Balaban J connectivity index is 1.33. The van der Waals surface area contributed by atoms with Crippen molar-refractivity contribution in [3.8, 4) is 17.3 Å². The second-order valence-electron chi connectivity index (χ2n) is 12.9. The van der Waals surface area contributed by atoms with Crippen molar-refractivity contribution in [2.45, 2.75) is 75.6 Å². The molecular formula is C31H35B3N6O3. The number of amides is 1. The summed E-state index contributed by atoms with van der Waals surface area (Å²) in [7, 11) is 18.9. The van der Waals surface area contributed by atoms with Crippen LogP contribution in [0.15, 0.2) is 36.5 Å². The van der Waals surface area contributed by atoms with Gasteiger partial charge in [0, 0.05) is 48.9 Å². The molecule has 2 aliphatic carbocycles. The van der Waals surface area contributed by atoms with Crippen LogP contribution in [0.4, 0.5) is 0 Å². The minimum Gasteiger partial charge on any atom is -0.494 e. The largest absolute Gasteiger partial charge is 0.494 e. The Hall–Kier alpha value is -3.24. The first-order valence-corrected chi connectivity index (χ1v) is 15.1. The van der Waals surface area contributed by atoms with Gasteiger partial charge in [0.2, 0.25) is 0 Å². The standard InChI is InChI=1S/C31H35B3N6O3/c1-4-38-23(11-18-6-5-9-36-27(18)38)28-37-21-10-20(29(41)39-16-19-7-8-22(39)25(19)35)12-24(42-3)26(21)40(28)15-17-13-30(2,14-17)43-31(32,33)34/h5-6,9-12,17,19,22,25H,4,7-8,13-16,35H2,1-3H3/t17?,19-,22-,25-,30?/m1/s1. The highest BCUT2D eigenvalue weighted by Crippen LogP contribution is 2.45. The Bertz CT molecular complexity index is 1720. The third-order valence-corrected chi connectivity index (χ3v) is 9.69. The lowest BCUT2D eigenvalue weighted by Gasteiger charge is -2.49. The molecule has 1 aromatic carbocycles. The van der Waals surface area contributed by atoms with Crippen LogP contribution in [0.5, 0.6) is 5.75 Å². The maximum absolute atomic E-state index is 13.8. The van der Waals surface area contributed by atoms with E-state index in [1.165, 1.54) is 0 Å². The molecule has 2 saturated carbocycles. The Morgan fingerprint density at radius 2 is 1.98 bits per heavy atom. The number of benzene rings is 1. The number of likely N-dealkylation sites (tertiary alicyclic amines) is 1. The van der Waals surface area contributed by atoms with Crippen LogP contribution < -0.4 is 10.5 Å². The fraction of sp³-hybridized carbons (Fsp3) is 0.516. The van der Waals surface area contributed by atoms with Crippen LogP contribution in [0.1, 0.15) is 49.9 Å². The van der Waals surface area contributed by atoms with E-state index in [0.29, 0.717) is 35.8 Å². The highest BCUT2D eigenvalue weighted by atomic mass is 16.5. The lowest BCUT2D eigenvalue weighted by atomic mass is 9.51. The maximum atomic E-state index is 13.8. The number of carbonyl (C=O) groups is 1. The van der Waals surface area contributed by atoms with Crippen molar-refractivity contribution in [1.82, 2.24) is 24.0 Å². The lowest BCUT2D eigenvalue weighted by Crippen LogP contribution is -2.52. The molecule has 1 saturated heterocycles. The second-order valence-corrected chi connectivity index (χ2v) is 12.9. The minimum absolute atomic E-state index is 0.0217. The van der Waals surface area contributed by atoms with Gasteiger partial charge in [-0.1, -0.05) is 0 Å². The lowest BCUT2D eigenvalue weighted by molar-refractivity contribution is -0.123. The van der Waals surface area contributed by atoms with E-state index >= 15 is 0 Å². The van der Waals surface area contributed by atoms with Gasteiger partial charge in [-0.15, -0.1) is 0 Å². The number of hydrogen-bond acceptors (Lipinski definition) is 6. The van der Waals surface area contributed by atoms with E-state index in [-0.39, 0.29) is 23.9 Å². The van der Waals surface area contributed by atoms with Gasteiger partial charge in [0.25, 0.3) is 5.91 Å². The Kier molecular flexibility index (Phi) is 6.74. The third kappa shape index (κ3) is 4.77. The third-order valence-electron chi connectivity index (χ3n) is 9.69. The van der Waals surface area contributed by atoms with Crippen molar-refractivity contribution in [3.63, 3.8) is 0 Å². The molecule has 12 heteroatoms. The summed E-state index contributed by atoms with van der Waals surface area (Å²) in [5.74, 6) is 2.00. The van der Waals surface area contributed by atoms with Gasteiger partial charge in [0.1, 0.15) is 16.9 Å². The number of pyridine rings is 1. The highest BCUT2D eigenvalue weighted by Gasteiger charge is 2.47. The molecule has 43 heavy (non-hydrogen) atoms. The van der Waals surface area contributed by atoms with Crippen LogP contribution in [0.3, 0.4) is 0 Å². The summed E-state index contributed by atoms with van der Waals surface area (Å²) in [6.07, 6.45) is 5.30. The summed E-state index contributed by atoms with van der Waals surface area (Å²) >= 11 is 0. The molecule has 2 bridgehead atoms. The first-order chi connectivity index (χ1) is 20.5. The summed E-state index contributed by atoms with van der Waals surface area (Å²) in [4.78, 5) is 25.6. The average molecular weight is 572 g/mol. The summed E-state index contributed by atoms with van der Waals surface area (Å²) in [5.41, 5.74) is 9.88. The van der Waals surface area contributed by atoms with Crippen molar-refractivity contribution in [1.29, 1.82) is 0 Å². The molecule has 3 aromatic heterocycles. The van der Waals surface area contributed by atoms with Crippen molar-refractivity contribution >= 4 is 51.5 Å². The molecule has 9 nitrogen and oxygen atoms in total. The summed E-state index contributed by atoms with van der Waals surface area (Å²) in [6.45, 7) is 6.16. The number of aromatic nitrogens is 4. The number of fused-ring (bicyclic) bond motifs is 4. The van der Waals surface area contributed by atoms with Crippen LogP contribution in [-0.2, 0) is 17.8 Å². The quantitative estimate of drug-likeness (QED) is 0.326. The molecule has 4 heterocycles. The van der Waals surface area contributed by atoms with Crippen molar-refractivity contribution in [2.24, 2.45) is 17.6 Å². The molecule has 2 N–H and O–H groups in total. The van der Waals surface area contributed by atoms with Crippen LogP contribution >= 0.6 is 0 Å². The first kappa shape index (κ1) is 28.5. The molecule has 6 radical (unpaired) electrons. The smallest absolute Gasteiger partial charge is 0.254 e. The van der Waals surface area contributed by atoms with Gasteiger partial charge >= 0.3 is 0 Å². The maximum Gasteiger partial charge on any atom is 0.254 e. The van der Waals surface area contributed by atoms with E-state index in [4.69, 9.17) is 43.7 Å². The number of imidazole rings is 1. The molecule has 0 spiro atoms. The molecule has 216 valence electrons. The Morgan fingerprint density at radius 3 is 2.63 bits per heavy atom. The number of ether oxygens (including phenoxy) is 2. The van der Waals surface area contributed by atoms with E-state index in [2.05, 4.69) is 33.2 Å². The van der Waals surface area contributed by atoms with Crippen LogP contribution in [0.25, 0.3) is 33.6 Å². The highest BCUT2D eigenvalue weighted by molar-refractivity contribution is 6.58. The molecule has 3 aliphatic rings. The second kappa shape index (κ2) is 10.2. The zero-order chi connectivity index (χ0) is 30.3. The van der Waals surface area contributed by atoms with Gasteiger partial charge in [-0.3, -0.25) is 4.79 Å². The van der Waals surface area contributed by atoms with Gasteiger partial charge in [0.15, 0.2) is 5.82 Å². The van der Waals surface area contributed by atoms with E-state index in [9.17, 15) is 4.79 Å². The molecule has 7 rings (SSSR count). The number of nitrogens with two attached hydrogens (primary N) is 1. The minimum atomic E-state index is -1.69. The number of aryl methyl sites for hydroxylation is 1. The molecule has 4 aromatic rings. The van der Waals surface area contributed by atoms with Crippen LogP contribution in [0, 0.1) is 11.8 Å². The molecule has 1 aliphatic heterocycles. The summed E-state index contributed by atoms with van der Waals surface area (Å²) in [5, 5.41) is -0.650. The predicted octanol–water partition coefficient (Wildman–Crippen LogP) is 2.95. The number of rotatable bonds is 8. The SMILES string of the molecule is [B]C([B])([B])OC1(C)CC(Cn2c(-c3cc4cccnc4n3CC)nc3cc(C(=O)N4C[C@H]5CC[C@@H]4[C@@H]5N)cc(OC)c32)C1. The van der Waals surface area contributed by atoms with Gasteiger partial charge in [-0.2, -0.15) is 0 Å². The zero-order valence-corrected chi connectivity index (χ0v) is 25.0. The zero-order valence-electron chi connectivity index (χ0n) is 25.0. The topological polar surface area (TPSA) is 100 Å². The van der Waals surface area contributed by atoms with Gasteiger partial charge < -0.3 is 29.2 Å². The van der Waals surface area contributed by atoms with Gasteiger partial charge in [-0.05, 0) is 87.0 Å². The van der Waals surface area contributed by atoms with Crippen LogP contribution in [0.2, 0.25) is 0 Å². The summed E-state index contributed by atoms with van der Waals surface area (Å²) < 4.78 is 16.1.